The number of hydrogen-bond donors (Lipinski definition) is 2. The third kappa shape index (κ3) is 4.83. The Labute approximate surface area is 160 Å². The summed E-state index contributed by atoms with van der Waals surface area (Å²) in [6, 6.07) is 14.6. The summed E-state index contributed by atoms with van der Waals surface area (Å²) in [7, 11) is 0. The zero-order valence-corrected chi connectivity index (χ0v) is 15.8. The summed E-state index contributed by atoms with van der Waals surface area (Å²) in [5.41, 5.74) is 2.15. The lowest BCUT2D eigenvalue weighted by atomic mass is 10.1. The van der Waals surface area contributed by atoms with Gasteiger partial charge in [-0.1, -0.05) is 12.1 Å². The highest BCUT2D eigenvalue weighted by atomic mass is 79.9. The summed E-state index contributed by atoms with van der Waals surface area (Å²) in [6.07, 6.45) is 0. The normalized spacial score (nSPS) is 14.0. The zero-order chi connectivity index (χ0) is 18.4. The van der Waals surface area contributed by atoms with Crippen molar-refractivity contribution in [2.24, 2.45) is 0 Å². The van der Waals surface area contributed by atoms with Crippen LogP contribution in [0.2, 0.25) is 0 Å². The monoisotopic (exact) mass is 417 g/mol. The molecule has 2 amide bonds. The Morgan fingerprint density at radius 2 is 1.73 bits per heavy atom. The number of para-hydroxylation sites is 1. The molecular weight excluding hydrogens is 398 g/mol. The van der Waals surface area contributed by atoms with Crippen LogP contribution in [0.15, 0.2) is 53.0 Å². The molecule has 0 bridgehead atoms. The number of nitrogens with one attached hydrogen (secondary N) is 2. The number of carbonyl (C=O) groups excluding carboxylic acids is 2. The van der Waals surface area contributed by atoms with Gasteiger partial charge in [0.05, 0.1) is 25.4 Å². The van der Waals surface area contributed by atoms with Crippen molar-refractivity contribution in [3.8, 4) is 0 Å². The van der Waals surface area contributed by atoms with Crippen molar-refractivity contribution < 1.29 is 14.3 Å². The Morgan fingerprint density at radius 3 is 2.42 bits per heavy atom. The molecule has 1 fully saturated rings. The molecule has 6 nitrogen and oxygen atoms in total. The number of halogens is 1. The fraction of sp³-hybridized carbons (Fsp3) is 0.263. The topological polar surface area (TPSA) is 70.7 Å². The number of morpholine rings is 1. The maximum atomic E-state index is 12.4. The fourth-order valence-electron chi connectivity index (χ4n) is 2.62. The van der Waals surface area contributed by atoms with Gasteiger partial charge in [0.1, 0.15) is 0 Å². The molecule has 2 aromatic rings. The summed E-state index contributed by atoms with van der Waals surface area (Å²) in [5.74, 6) is -0.142. The number of benzene rings is 2. The predicted molar refractivity (Wildman–Crippen MR) is 104 cm³/mol. The summed E-state index contributed by atoms with van der Waals surface area (Å²) >= 11 is 3.40. The highest BCUT2D eigenvalue weighted by molar-refractivity contribution is 9.10. The van der Waals surface area contributed by atoms with Crippen LogP contribution < -0.4 is 10.6 Å². The number of nitrogens with zero attached hydrogens (tertiary/aromatic N) is 1. The van der Waals surface area contributed by atoms with E-state index >= 15 is 0 Å². The molecule has 26 heavy (non-hydrogen) atoms. The average Bonchev–Trinajstić information content (AvgIpc) is 2.69. The smallest absolute Gasteiger partial charge is 0.254 e. The SMILES string of the molecule is O=C(CNc1ccc(C(=O)N2CCOCC2)cc1)Nc1ccccc1Br. The molecule has 2 N–H and O–H groups in total. The van der Waals surface area contributed by atoms with Gasteiger partial charge in [-0.25, -0.2) is 0 Å². The molecule has 2 aromatic carbocycles. The van der Waals surface area contributed by atoms with Crippen LogP contribution in [-0.2, 0) is 9.53 Å². The fourth-order valence-corrected chi connectivity index (χ4v) is 3.00. The van der Waals surface area contributed by atoms with Crippen LogP contribution in [0, 0.1) is 0 Å². The van der Waals surface area contributed by atoms with Gasteiger partial charge in [0.25, 0.3) is 5.91 Å². The predicted octanol–water partition coefficient (Wildman–Crippen LogP) is 2.97. The number of carbonyl (C=O) groups is 2. The van der Waals surface area contributed by atoms with Crippen molar-refractivity contribution in [1.29, 1.82) is 0 Å². The van der Waals surface area contributed by atoms with Crippen molar-refractivity contribution in [2.45, 2.75) is 0 Å². The summed E-state index contributed by atoms with van der Waals surface area (Å²) < 4.78 is 6.10. The Morgan fingerprint density at radius 1 is 1.04 bits per heavy atom. The Balaban J connectivity index is 1.52. The Kier molecular flexibility index (Phi) is 6.25. The molecule has 7 heteroatoms. The first kappa shape index (κ1) is 18.4. The quantitative estimate of drug-likeness (QED) is 0.784. The van der Waals surface area contributed by atoms with Crippen molar-refractivity contribution >= 4 is 39.1 Å². The number of anilines is 2. The maximum absolute atomic E-state index is 12.4. The van der Waals surface area contributed by atoms with Crippen molar-refractivity contribution in [1.82, 2.24) is 4.90 Å². The minimum atomic E-state index is -0.148. The lowest BCUT2D eigenvalue weighted by Crippen LogP contribution is -2.40. The molecule has 0 aromatic heterocycles. The molecule has 0 aliphatic carbocycles. The van der Waals surface area contributed by atoms with Crippen LogP contribution in [0.3, 0.4) is 0 Å². The van der Waals surface area contributed by atoms with E-state index in [1.165, 1.54) is 0 Å². The molecule has 0 radical (unpaired) electrons. The van der Waals surface area contributed by atoms with Crippen LogP contribution in [0.4, 0.5) is 11.4 Å². The number of rotatable bonds is 5. The van der Waals surface area contributed by atoms with Crippen LogP contribution in [0.25, 0.3) is 0 Å². The zero-order valence-electron chi connectivity index (χ0n) is 14.2. The number of amides is 2. The standard InChI is InChI=1S/C19H20BrN3O3/c20-16-3-1-2-4-17(16)22-18(24)13-21-15-7-5-14(6-8-15)19(25)23-9-11-26-12-10-23/h1-8,21H,9-13H2,(H,22,24). The highest BCUT2D eigenvalue weighted by Crippen LogP contribution is 2.21. The Bertz CT molecular complexity index is 774. The van der Waals surface area contributed by atoms with Gasteiger partial charge in [-0.15, -0.1) is 0 Å². The molecule has 3 rings (SSSR count). The van der Waals surface area contributed by atoms with E-state index < -0.39 is 0 Å². The molecule has 0 saturated carbocycles. The molecule has 0 atom stereocenters. The summed E-state index contributed by atoms with van der Waals surface area (Å²) in [5, 5.41) is 5.89. The third-order valence-corrected chi connectivity index (χ3v) is 4.72. The number of ether oxygens (including phenoxy) is 1. The van der Waals surface area contributed by atoms with Crippen LogP contribution >= 0.6 is 15.9 Å². The van der Waals surface area contributed by atoms with Crippen LogP contribution in [0.5, 0.6) is 0 Å². The van der Waals surface area contributed by atoms with Crippen LogP contribution in [-0.4, -0.2) is 49.6 Å². The molecular formula is C19H20BrN3O3. The molecule has 1 heterocycles. The highest BCUT2D eigenvalue weighted by Gasteiger charge is 2.18. The van der Waals surface area contributed by atoms with E-state index in [0.717, 1.165) is 15.8 Å². The second-order valence-electron chi connectivity index (χ2n) is 5.86. The Hall–Kier alpha value is -2.38. The lowest BCUT2D eigenvalue weighted by Gasteiger charge is -2.26. The molecule has 1 aliphatic rings. The second kappa shape index (κ2) is 8.82. The maximum Gasteiger partial charge on any atom is 0.254 e. The minimum absolute atomic E-state index is 0.00604. The first-order valence-electron chi connectivity index (χ1n) is 8.39. The minimum Gasteiger partial charge on any atom is -0.378 e. The lowest BCUT2D eigenvalue weighted by molar-refractivity contribution is -0.114. The van der Waals surface area contributed by atoms with E-state index in [0.29, 0.717) is 31.9 Å². The number of hydrogen-bond acceptors (Lipinski definition) is 4. The largest absolute Gasteiger partial charge is 0.378 e. The van der Waals surface area contributed by atoms with E-state index in [1.807, 2.05) is 24.3 Å². The van der Waals surface area contributed by atoms with Crippen molar-refractivity contribution in [2.75, 3.05) is 43.5 Å². The van der Waals surface area contributed by atoms with Gasteiger partial charge in [0.2, 0.25) is 5.91 Å². The molecule has 1 saturated heterocycles. The summed E-state index contributed by atoms with van der Waals surface area (Å²) in [6.45, 7) is 2.54. The molecule has 0 spiro atoms. The van der Waals surface area contributed by atoms with E-state index in [4.69, 9.17) is 4.74 Å². The van der Waals surface area contributed by atoms with E-state index in [9.17, 15) is 9.59 Å². The van der Waals surface area contributed by atoms with E-state index in [2.05, 4.69) is 26.6 Å². The van der Waals surface area contributed by atoms with Crippen molar-refractivity contribution in [3.05, 3.63) is 58.6 Å². The molecule has 1 aliphatic heterocycles. The molecule has 136 valence electrons. The van der Waals surface area contributed by atoms with Gasteiger partial charge >= 0.3 is 0 Å². The van der Waals surface area contributed by atoms with Gasteiger partial charge in [0.15, 0.2) is 0 Å². The van der Waals surface area contributed by atoms with Gasteiger partial charge in [-0.05, 0) is 52.3 Å². The van der Waals surface area contributed by atoms with Gasteiger partial charge in [-0.2, -0.15) is 0 Å². The van der Waals surface area contributed by atoms with Gasteiger partial charge in [-0.3, -0.25) is 9.59 Å². The second-order valence-corrected chi connectivity index (χ2v) is 6.72. The van der Waals surface area contributed by atoms with E-state index in [1.54, 1.807) is 29.2 Å². The van der Waals surface area contributed by atoms with Gasteiger partial charge in [0, 0.05) is 28.8 Å². The molecule has 0 unspecified atom stereocenters. The first-order chi connectivity index (χ1) is 12.6. The van der Waals surface area contributed by atoms with Crippen LogP contribution in [0.1, 0.15) is 10.4 Å². The first-order valence-corrected chi connectivity index (χ1v) is 9.18. The average molecular weight is 418 g/mol. The third-order valence-electron chi connectivity index (χ3n) is 4.03. The van der Waals surface area contributed by atoms with Crippen molar-refractivity contribution in [3.63, 3.8) is 0 Å². The van der Waals surface area contributed by atoms with E-state index in [-0.39, 0.29) is 18.4 Å². The summed E-state index contributed by atoms with van der Waals surface area (Å²) in [4.78, 5) is 26.2. The van der Waals surface area contributed by atoms with Gasteiger partial charge < -0.3 is 20.3 Å².